The van der Waals surface area contributed by atoms with Gasteiger partial charge in [-0.05, 0) is 29.3 Å². The van der Waals surface area contributed by atoms with Gasteiger partial charge in [-0.3, -0.25) is 0 Å². The summed E-state index contributed by atoms with van der Waals surface area (Å²) in [5, 5.41) is 0.809. The first-order valence-electron chi connectivity index (χ1n) is 7.49. The summed E-state index contributed by atoms with van der Waals surface area (Å²) in [6.45, 7) is 0. The van der Waals surface area contributed by atoms with Crippen LogP contribution in [0.3, 0.4) is 0 Å². The number of carbonyl (C=O) groups is 1. The van der Waals surface area contributed by atoms with Crippen LogP contribution < -0.4 is 0 Å². The van der Waals surface area contributed by atoms with E-state index in [1.807, 2.05) is 48.5 Å². The molecule has 0 atom stereocenters. The molecule has 1 aliphatic rings. The highest BCUT2D eigenvalue weighted by molar-refractivity contribution is 6.35. The zero-order chi connectivity index (χ0) is 16.7. The van der Waals surface area contributed by atoms with E-state index in [-0.39, 0.29) is 0 Å². The molecule has 0 fully saturated rings. The predicted octanol–water partition coefficient (Wildman–Crippen LogP) is 5.92. The highest BCUT2D eigenvalue weighted by Gasteiger charge is 2.31. The number of hydrogen-bond acceptors (Lipinski definition) is 2. The monoisotopic (exact) mass is 354 g/mol. The summed E-state index contributed by atoms with van der Waals surface area (Å²) in [5.41, 5.74) is 4.50. The first-order chi connectivity index (χ1) is 11.6. The highest BCUT2D eigenvalue weighted by atomic mass is 35.5. The Morgan fingerprint density at radius 3 is 1.83 bits per heavy atom. The largest absolute Gasteiger partial charge is 0.449 e. The first-order valence-corrected chi connectivity index (χ1v) is 8.24. The van der Waals surface area contributed by atoms with Crippen molar-refractivity contribution in [3.05, 3.63) is 93.5 Å². The van der Waals surface area contributed by atoms with Crippen LogP contribution in [-0.4, -0.2) is 5.97 Å². The molecule has 4 heteroatoms. The van der Waals surface area contributed by atoms with E-state index in [2.05, 4.69) is 0 Å². The molecule has 2 nitrogen and oxygen atoms in total. The Hall–Kier alpha value is -2.29. The van der Waals surface area contributed by atoms with Crippen LogP contribution in [0.25, 0.3) is 11.1 Å². The van der Waals surface area contributed by atoms with Gasteiger partial charge in [-0.15, -0.1) is 0 Å². The van der Waals surface area contributed by atoms with Gasteiger partial charge in [0.1, 0.15) is 0 Å². The molecule has 0 saturated carbocycles. The van der Waals surface area contributed by atoms with Crippen molar-refractivity contribution in [3.63, 3.8) is 0 Å². The van der Waals surface area contributed by atoms with E-state index >= 15 is 0 Å². The maximum atomic E-state index is 12.6. The van der Waals surface area contributed by atoms with Gasteiger partial charge in [-0.2, -0.15) is 0 Å². The Bertz CT molecular complexity index is 884. The van der Waals surface area contributed by atoms with Gasteiger partial charge in [0, 0.05) is 21.2 Å². The molecule has 0 aromatic heterocycles. The quantitative estimate of drug-likeness (QED) is 0.534. The van der Waals surface area contributed by atoms with E-state index in [0.29, 0.717) is 15.6 Å². The summed E-state index contributed by atoms with van der Waals surface area (Å²) in [7, 11) is 0. The summed E-state index contributed by atoms with van der Waals surface area (Å²) >= 11 is 12.0. The standard InChI is InChI=1S/C20H12Cl2O2/c21-13-9-12(10-14(22)11-13)20(23)24-19-17-7-3-1-5-15(17)16-6-2-4-8-18(16)19/h1-11,19H. The van der Waals surface area contributed by atoms with E-state index < -0.39 is 12.1 Å². The number of halogens is 2. The molecule has 24 heavy (non-hydrogen) atoms. The third-order valence-electron chi connectivity index (χ3n) is 4.10. The maximum absolute atomic E-state index is 12.6. The number of benzene rings is 3. The van der Waals surface area contributed by atoms with Crippen molar-refractivity contribution in [2.75, 3.05) is 0 Å². The predicted molar refractivity (Wildman–Crippen MR) is 95.6 cm³/mol. The molecule has 0 unspecified atom stereocenters. The minimum Gasteiger partial charge on any atom is -0.449 e. The van der Waals surface area contributed by atoms with Crippen molar-refractivity contribution >= 4 is 29.2 Å². The highest BCUT2D eigenvalue weighted by Crippen LogP contribution is 2.45. The van der Waals surface area contributed by atoms with Crippen LogP contribution in [0.4, 0.5) is 0 Å². The van der Waals surface area contributed by atoms with Gasteiger partial charge >= 0.3 is 5.97 Å². The fraction of sp³-hybridized carbons (Fsp3) is 0.0500. The molecule has 0 saturated heterocycles. The van der Waals surface area contributed by atoms with Crippen molar-refractivity contribution < 1.29 is 9.53 Å². The second-order valence-electron chi connectivity index (χ2n) is 5.62. The third-order valence-corrected chi connectivity index (χ3v) is 4.54. The fourth-order valence-electron chi connectivity index (χ4n) is 3.08. The molecule has 0 bridgehead atoms. The minimum absolute atomic E-state index is 0.342. The molecule has 0 spiro atoms. The zero-order valence-corrected chi connectivity index (χ0v) is 14.0. The number of hydrogen-bond donors (Lipinski definition) is 0. The van der Waals surface area contributed by atoms with Crippen LogP contribution >= 0.6 is 23.2 Å². The minimum atomic E-state index is -0.448. The fourth-order valence-corrected chi connectivity index (χ4v) is 3.61. The lowest BCUT2D eigenvalue weighted by atomic mass is 10.1. The van der Waals surface area contributed by atoms with E-state index in [4.69, 9.17) is 27.9 Å². The summed E-state index contributed by atoms with van der Waals surface area (Å²) in [5.74, 6) is -0.448. The van der Waals surface area contributed by atoms with Crippen LogP contribution in [-0.2, 0) is 4.74 Å². The molecular weight excluding hydrogens is 343 g/mol. The summed E-state index contributed by atoms with van der Waals surface area (Å²) < 4.78 is 5.80. The first kappa shape index (κ1) is 15.3. The van der Waals surface area contributed by atoms with Crippen molar-refractivity contribution in [2.24, 2.45) is 0 Å². The van der Waals surface area contributed by atoms with Gasteiger partial charge in [-0.1, -0.05) is 71.7 Å². The van der Waals surface area contributed by atoms with E-state index in [1.54, 1.807) is 18.2 Å². The van der Waals surface area contributed by atoms with Crippen LogP contribution in [0.5, 0.6) is 0 Å². The normalized spacial score (nSPS) is 12.6. The molecule has 0 radical (unpaired) electrons. The van der Waals surface area contributed by atoms with Crippen LogP contribution in [0, 0.1) is 0 Å². The smallest absolute Gasteiger partial charge is 0.339 e. The molecule has 1 aliphatic carbocycles. The van der Waals surface area contributed by atoms with Crippen LogP contribution in [0.2, 0.25) is 10.0 Å². The summed E-state index contributed by atoms with van der Waals surface area (Å²) in [6.07, 6.45) is -0.428. The Morgan fingerprint density at radius 1 is 0.792 bits per heavy atom. The zero-order valence-electron chi connectivity index (χ0n) is 12.5. The number of carbonyl (C=O) groups excluding carboxylic acids is 1. The lowest BCUT2D eigenvalue weighted by Gasteiger charge is -2.15. The number of esters is 1. The Morgan fingerprint density at radius 2 is 1.29 bits per heavy atom. The van der Waals surface area contributed by atoms with E-state index in [9.17, 15) is 4.79 Å². The number of rotatable bonds is 2. The lowest BCUT2D eigenvalue weighted by molar-refractivity contribution is 0.0386. The van der Waals surface area contributed by atoms with Gasteiger partial charge in [-0.25, -0.2) is 4.79 Å². The summed E-state index contributed by atoms with van der Waals surface area (Å²) in [6, 6.07) is 20.6. The molecule has 118 valence electrons. The molecule has 0 heterocycles. The van der Waals surface area contributed by atoms with Crippen LogP contribution in [0.15, 0.2) is 66.7 Å². The lowest BCUT2D eigenvalue weighted by Crippen LogP contribution is -2.11. The summed E-state index contributed by atoms with van der Waals surface area (Å²) in [4.78, 5) is 12.6. The van der Waals surface area contributed by atoms with E-state index in [0.717, 1.165) is 22.3 Å². The molecule has 3 aromatic carbocycles. The Labute approximate surface area is 149 Å². The SMILES string of the molecule is O=C(OC1c2ccccc2-c2ccccc21)c1cc(Cl)cc(Cl)c1. The number of ether oxygens (including phenoxy) is 1. The second-order valence-corrected chi connectivity index (χ2v) is 6.49. The molecule has 4 rings (SSSR count). The van der Waals surface area contributed by atoms with Gasteiger partial charge in [0.05, 0.1) is 5.56 Å². The molecule has 0 amide bonds. The molecular formula is C20H12Cl2O2. The van der Waals surface area contributed by atoms with Crippen molar-refractivity contribution in [3.8, 4) is 11.1 Å². The molecule has 0 N–H and O–H groups in total. The Balaban J connectivity index is 1.73. The van der Waals surface area contributed by atoms with Crippen molar-refractivity contribution in [1.82, 2.24) is 0 Å². The van der Waals surface area contributed by atoms with Gasteiger partial charge in [0.25, 0.3) is 0 Å². The topological polar surface area (TPSA) is 26.3 Å². The van der Waals surface area contributed by atoms with Gasteiger partial charge in [0.2, 0.25) is 0 Å². The van der Waals surface area contributed by atoms with Crippen molar-refractivity contribution in [1.29, 1.82) is 0 Å². The second kappa shape index (κ2) is 5.97. The third kappa shape index (κ3) is 2.58. The maximum Gasteiger partial charge on any atom is 0.339 e. The van der Waals surface area contributed by atoms with Crippen molar-refractivity contribution in [2.45, 2.75) is 6.10 Å². The number of fused-ring (bicyclic) bond motifs is 3. The van der Waals surface area contributed by atoms with Gasteiger partial charge < -0.3 is 4.74 Å². The molecule has 0 aliphatic heterocycles. The molecule has 3 aromatic rings. The average molecular weight is 355 g/mol. The van der Waals surface area contributed by atoms with Crippen LogP contribution in [0.1, 0.15) is 27.6 Å². The van der Waals surface area contributed by atoms with Gasteiger partial charge in [0.15, 0.2) is 6.10 Å². The van der Waals surface area contributed by atoms with E-state index in [1.165, 1.54) is 0 Å². The average Bonchev–Trinajstić information content (AvgIpc) is 2.89. The Kier molecular flexibility index (Phi) is 3.79.